The van der Waals surface area contributed by atoms with Gasteiger partial charge >= 0.3 is 6.61 Å². The van der Waals surface area contributed by atoms with Crippen molar-refractivity contribution in [3.05, 3.63) is 53.1 Å². The van der Waals surface area contributed by atoms with Gasteiger partial charge in [-0.3, -0.25) is 0 Å². The van der Waals surface area contributed by atoms with Gasteiger partial charge in [0.2, 0.25) is 0 Å². The molecule has 0 heterocycles. The molecule has 2 rings (SSSR count). The fourth-order valence-corrected chi connectivity index (χ4v) is 2.32. The number of hydrogen-bond donors (Lipinski definition) is 0. The molecular formula is C19H21F2NO4. The van der Waals surface area contributed by atoms with Gasteiger partial charge in [-0.15, -0.1) is 0 Å². The average molecular weight is 365 g/mol. The monoisotopic (exact) mass is 365 g/mol. The fourth-order valence-electron chi connectivity index (χ4n) is 2.32. The van der Waals surface area contributed by atoms with Gasteiger partial charge in [0.1, 0.15) is 12.4 Å². The van der Waals surface area contributed by atoms with Crippen molar-refractivity contribution in [3.8, 4) is 17.2 Å². The first-order valence-electron chi connectivity index (χ1n) is 7.98. The lowest BCUT2D eigenvalue weighted by Gasteiger charge is -2.11. The van der Waals surface area contributed by atoms with Crippen molar-refractivity contribution in [2.24, 2.45) is 5.16 Å². The molecule has 0 aliphatic rings. The van der Waals surface area contributed by atoms with Crippen LogP contribution in [0, 0.1) is 13.8 Å². The lowest BCUT2D eigenvalue weighted by molar-refractivity contribution is -0.0512. The van der Waals surface area contributed by atoms with Crippen LogP contribution in [0.2, 0.25) is 0 Å². The molecule has 0 unspecified atom stereocenters. The van der Waals surface area contributed by atoms with Crippen molar-refractivity contribution < 1.29 is 27.8 Å². The number of alkyl halides is 2. The number of halogens is 2. The molecule has 0 saturated carbocycles. The molecule has 0 saturated heterocycles. The van der Waals surface area contributed by atoms with Crippen molar-refractivity contribution in [2.45, 2.75) is 20.5 Å². The summed E-state index contributed by atoms with van der Waals surface area (Å²) in [7, 11) is 1.37. The molecule has 0 N–H and O–H groups in total. The lowest BCUT2D eigenvalue weighted by Crippen LogP contribution is -2.06. The maximum absolute atomic E-state index is 12.3. The summed E-state index contributed by atoms with van der Waals surface area (Å²) in [6.45, 7) is 1.68. The highest BCUT2D eigenvalue weighted by Crippen LogP contribution is 2.29. The van der Waals surface area contributed by atoms with E-state index in [4.69, 9.17) is 14.3 Å². The van der Waals surface area contributed by atoms with Gasteiger partial charge in [-0.1, -0.05) is 23.4 Å². The third-order valence-electron chi connectivity index (χ3n) is 3.51. The van der Waals surface area contributed by atoms with Gasteiger partial charge in [-0.25, -0.2) is 0 Å². The summed E-state index contributed by atoms with van der Waals surface area (Å²) in [6, 6.07) is 10.4. The van der Waals surface area contributed by atoms with Crippen LogP contribution >= 0.6 is 0 Å². The number of nitrogens with zero attached hydrogens (tertiary/aromatic N) is 1. The second-order valence-corrected chi connectivity index (χ2v) is 5.43. The number of para-hydroxylation sites is 1. The Morgan fingerprint density at radius 2 is 1.77 bits per heavy atom. The van der Waals surface area contributed by atoms with Crippen LogP contribution in [0.5, 0.6) is 17.2 Å². The summed E-state index contributed by atoms with van der Waals surface area (Å²) in [5, 5.41) is 3.83. The van der Waals surface area contributed by atoms with E-state index in [2.05, 4.69) is 9.89 Å². The van der Waals surface area contributed by atoms with Gasteiger partial charge in [-0.05, 0) is 43.2 Å². The van der Waals surface area contributed by atoms with Crippen LogP contribution in [-0.2, 0) is 4.84 Å². The highest BCUT2D eigenvalue weighted by atomic mass is 19.3. The summed E-state index contributed by atoms with van der Waals surface area (Å²) in [4.78, 5) is 5.16. The first-order valence-corrected chi connectivity index (χ1v) is 7.98. The van der Waals surface area contributed by atoms with Crippen molar-refractivity contribution in [1.29, 1.82) is 0 Å². The highest BCUT2D eigenvalue weighted by molar-refractivity contribution is 5.80. The van der Waals surface area contributed by atoms with E-state index < -0.39 is 6.61 Å². The Morgan fingerprint density at radius 3 is 2.42 bits per heavy atom. The molecule has 7 heteroatoms. The van der Waals surface area contributed by atoms with Crippen molar-refractivity contribution in [3.63, 3.8) is 0 Å². The van der Waals surface area contributed by atoms with Crippen LogP contribution in [0.4, 0.5) is 8.78 Å². The topological polar surface area (TPSA) is 49.3 Å². The Kier molecular flexibility index (Phi) is 7.20. The fraction of sp³-hybridized carbons (Fsp3) is 0.316. The SMILES string of the molecule is COc1cc(/C=N/OCCOc2c(C)cccc2C)ccc1OC(F)F. The molecule has 0 spiro atoms. The minimum Gasteiger partial charge on any atom is -0.493 e. The second kappa shape index (κ2) is 9.60. The Labute approximate surface area is 151 Å². The molecule has 0 bridgehead atoms. The molecule has 0 aromatic heterocycles. The molecule has 26 heavy (non-hydrogen) atoms. The molecule has 2 aromatic carbocycles. The number of hydrogen-bond acceptors (Lipinski definition) is 5. The minimum absolute atomic E-state index is 0.0393. The summed E-state index contributed by atoms with van der Waals surface area (Å²) in [6.07, 6.45) is 1.45. The normalized spacial score (nSPS) is 11.0. The highest BCUT2D eigenvalue weighted by Gasteiger charge is 2.10. The summed E-state index contributed by atoms with van der Waals surface area (Å²) in [5.41, 5.74) is 2.75. The van der Waals surface area contributed by atoms with Gasteiger partial charge < -0.3 is 19.0 Å². The average Bonchev–Trinajstić information content (AvgIpc) is 2.60. The van der Waals surface area contributed by atoms with Gasteiger partial charge in [0.05, 0.1) is 13.3 Å². The van der Waals surface area contributed by atoms with E-state index in [1.54, 1.807) is 6.07 Å². The molecule has 0 aliphatic carbocycles. The number of benzene rings is 2. The van der Waals surface area contributed by atoms with E-state index in [1.807, 2.05) is 32.0 Å². The summed E-state index contributed by atoms with van der Waals surface area (Å²) >= 11 is 0. The standard InChI is InChI=1S/C19H21F2NO4/c1-13-5-4-6-14(2)18(13)24-9-10-25-22-12-15-7-8-16(26-19(20)21)17(11-15)23-3/h4-8,11-12,19H,9-10H2,1-3H3/b22-12+. The molecule has 0 fully saturated rings. The van der Waals surface area contributed by atoms with Gasteiger partial charge in [0.25, 0.3) is 0 Å². The minimum atomic E-state index is -2.91. The zero-order chi connectivity index (χ0) is 18.9. The van der Waals surface area contributed by atoms with Crippen LogP contribution in [0.1, 0.15) is 16.7 Å². The maximum Gasteiger partial charge on any atom is 0.387 e. The van der Waals surface area contributed by atoms with Crippen molar-refractivity contribution >= 4 is 6.21 Å². The Balaban J connectivity index is 1.83. The van der Waals surface area contributed by atoms with Gasteiger partial charge in [0, 0.05) is 5.56 Å². The molecule has 0 radical (unpaired) electrons. The Morgan fingerprint density at radius 1 is 1.04 bits per heavy atom. The van der Waals surface area contributed by atoms with Gasteiger partial charge in [-0.2, -0.15) is 8.78 Å². The molecule has 0 amide bonds. The Hall–Kier alpha value is -2.83. The third kappa shape index (κ3) is 5.61. The van der Waals surface area contributed by atoms with Crippen molar-refractivity contribution in [2.75, 3.05) is 20.3 Å². The van der Waals surface area contributed by atoms with Crippen LogP contribution < -0.4 is 14.2 Å². The van der Waals surface area contributed by atoms with Crippen LogP contribution in [0.25, 0.3) is 0 Å². The summed E-state index contributed by atoms with van der Waals surface area (Å²) in [5.74, 6) is 0.995. The van der Waals surface area contributed by atoms with Gasteiger partial charge in [0.15, 0.2) is 18.1 Å². The smallest absolute Gasteiger partial charge is 0.387 e. The van der Waals surface area contributed by atoms with Crippen molar-refractivity contribution in [1.82, 2.24) is 0 Å². The largest absolute Gasteiger partial charge is 0.493 e. The molecule has 2 aromatic rings. The quantitative estimate of drug-likeness (QED) is 0.377. The Bertz CT molecular complexity index is 730. The number of oxime groups is 1. The molecular weight excluding hydrogens is 344 g/mol. The van der Waals surface area contributed by atoms with E-state index in [0.29, 0.717) is 12.2 Å². The molecule has 140 valence electrons. The molecule has 0 aliphatic heterocycles. The third-order valence-corrected chi connectivity index (χ3v) is 3.51. The number of methoxy groups -OCH3 is 1. The predicted octanol–water partition coefficient (Wildman–Crippen LogP) is 4.34. The van der Waals surface area contributed by atoms with E-state index in [-0.39, 0.29) is 18.1 Å². The van der Waals surface area contributed by atoms with E-state index in [9.17, 15) is 8.78 Å². The van der Waals surface area contributed by atoms with Crippen LogP contribution in [0.15, 0.2) is 41.6 Å². The molecule has 5 nitrogen and oxygen atoms in total. The maximum atomic E-state index is 12.3. The molecule has 0 atom stereocenters. The van der Waals surface area contributed by atoms with E-state index >= 15 is 0 Å². The first kappa shape index (κ1) is 19.5. The van der Waals surface area contributed by atoms with E-state index in [0.717, 1.165) is 16.9 Å². The number of ether oxygens (including phenoxy) is 3. The zero-order valence-corrected chi connectivity index (χ0v) is 14.9. The lowest BCUT2D eigenvalue weighted by atomic mass is 10.1. The predicted molar refractivity (Wildman–Crippen MR) is 94.6 cm³/mol. The van der Waals surface area contributed by atoms with Crippen LogP contribution in [-0.4, -0.2) is 33.1 Å². The van der Waals surface area contributed by atoms with E-state index in [1.165, 1.54) is 25.5 Å². The zero-order valence-electron chi connectivity index (χ0n) is 14.9. The number of aryl methyl sites for hydroxylation is 2. The van der Waals surface area contributed by atoms with Crippen LogP contribution in [0.3, 0.4) is 0 Å². The summed E-state index contributed by atoms with van der Waals surface area (Å²) < 4.78 is 39.7. The number of rotatable bonds is 9. The second-order valence-electron chi connectivity index (χ2n) is 5.43. The first-order chi connectivity index (χ1) is 12.5.